The molecule has 3 rings (SSSR count). The predicted octanol–water partition coefficient (Wildman–Crippen LogP) is 2.66. The molecule has 2 N–H and O–H groups in total. The van der Waals surface area contributed by atoms with E-state index in [9.17, 15) is 0 Å². The Morgan fingerprint density at radius 1 is 1.13 bits per heavy atom. The Morgan fingerprint density at radius 3 is 2.67 bits per heavy atom. The average Bonchev–Trinajstić information content (AvgIpc) is 3.10. The van der Waals surface area contributed by atoms with E-state index in [1.165, 1.54) is 6.42 Å². The van der Waals surface area contributed by atoms with Crippen LogP contribution in [0.5, 0.6) is 0 Å². The van der Waals surface area contributed by atoms with Gasteiger partial charge in [0.25, 0.3) is 0 Å². The van der Waals surface area contributed by atoms with Crippen molar-refractivity contribution in [2.45, 2.75) is 40.2 Å². The molecular weight excluding hydrogens is 376 g/mol. The third-order valence-electron chi connectivity index (χ3n) is 5.28. The van der Waals surface area contributed by atoms with Crippen LogP contribution in [0.4, 0.5) is 0 Å². The number of unbranched alkanes of at least 4 members (excludes halogenated alkanes) is 1. The molecule has 0 saturated carbocycles. The molecule has 0 atom stereocenters. The number of hydrogen-bond donors (Lipinski definition) is 2. The van der Waals surface area contributed by atoms with E-state index in [1.807, 2.05) is 11.6 Å². The zero-order valence-electron chi connectivity index (χ0n) is 18.7. The molecule has 2 heterocycles. The molecule has 30 heavy (non-hydrogen) atoms. The van der Waals surface area contributed by atoms with Crippen molar-refractivity contribution in [2.24, 2.45) is 4.99 Å². The van der Waals surface area contributed by atoms with Crippen LogP contribution < -0.4 is 10.6 Å². The number of benzene rings is 1. The van der Waals surface area contributed by atoms with E-state index in [2.05, 4.69) is 64.8 Å². The highest BCUT2D eigenvalue weighted by Gasteiger charge is 2.10. The van der Waals surface area contributed by atoms with Gasteiger partial charge in [0.05, 0.1) is 31.1 Å². The highest BCUT2D eigenvalue weighted by Crippen LogP contribution is 2.17. The van der Waals surface area contributed by atoms with Gasteiger partial charge in [-0.25, -0.2) is 9.67 Å². The minimum absolute atomic E-state index is 0.609. The van der Waals surface area contributed by atoms with Crippen LogP contribution in [0.1, 0.15) is 36.7 Å². The fraction of sp³-hybridized carbons (Fsp3) is 0.565. The highest BCUT2D eigenvalue weighted by molar-refractivity contribution is 5.79. The largest absolute Gasteiger partial charge is 0.379 e. The van der Waals surface area contributed by atoms with Crippen LogP contribution in [0, 0.1) is 13.8 Å². The van der Waals surface area contributed by atoms with E-state index < -0.39 is 0 Å². The van der Waals surface area contributed by atoms with Crippen LogP contribution in [0.3, 0.4) is 0 Å². The van der Waals surface area contributed by atoms with E-state index in [0.29, 0.717) is 6.54 Å². The molecule has 0 spiro atoms. The second kappa shape index (κ2) is 11.7. The topological polar surface area (TPSA) is 66.7 Å². The number of hydrogen-bond acceptors (Lipinski definition) is 4. The summed E-state index contributed by atoms with van der Waals surface area (Å²) in [5, 5.41) is 11.5. The predicted molar refractivity (Wildman–Crippen MR) is 122 cm³/mol. The van der Waals surface area contributed by atoms with Gasteiger partial charge in [0.15, 0.2) is 5.96 Å². The molecular formula is C23H36N6O. The molecule has 0 bridgehead atoms. The van der Waals surface area contributed by atoms with Crippen molar-refractivity contribution in [1.29, 1.82) is 0 Å². The first-order valence-electron chi connectivity index (χ1n) is 11.1. The molecule has 0 radical (unpaired) electrons. The normalized spacial score (nSPS) is 15.4. The molecule has 1 saturated heterocycles. The van der Waals surface area contributed by atoms with Gasteiger partial charge in [-0.3, -0.25) is 4.90 Å². The summed E-state index contributed by atoms with van der Waals surface area (Å²) in [6.45, 7) is 13.6. The van der Waals surface area contributed by atoms with Crippen LogP contribution in [-0.2, 0) is 11.3 Å². The molecule has 164 valence electrons. The number of nitrogens with one attached hydrogen (secondary N) is 2. The Morgan fingerprint density at radius 2 is 1.93 bits per heavy atom. The van der Waals surface area contributed by atoms with Crippen LogP contribution in [0.25, 0.3) is 5.69 Å². The second-order valence-corrected chi connectivity index (χ2v) is 7.75. The van der Waals surface area contributed by atoms with Crippen molar-refractivity contribution in [1.82, 2.24) is 25.3 Å². The molecule has 0 aliphatic carbocycles. The first-order valence-corrected chi connectivity index (χ1v) is 11.1. The second-order valence-electron chi connectivity index (χ2n) is 7.75. The van der Waals surface area contributed by atoms with Gasteiger partial charge < -0.3 is 15.4 Å². The first-order chi connectivity index (χ1) is 14.7. The standard InChI is InChI=1S/C23H36N6O/c1-4-24-23(25-11-7-8-12-28-13-15-30-16-14-28)26-18-21-9-5-6-10-22(21)29-20(3)17-19(2)27-29/h5-6,9-10,17H,4,7-8,11-16,18H2,1-3H3,(H2,24,25,26). The maximum Gasteiger partial charge on any atom is 0.191 e. The summed E-state index contributed by atoms with van der Waals surface area (Å²) >= 11 is 0. The lowest BCUT2D eigenvalue weighted by atomic mass is 10.2. The summed E-state index contributed by atoms with van der Waals surface area (Å²) in [6, 6.07) is 10.4. The van der Waals surface area contributed by atoms with Crippen molar-refractivity contribution in [3.8, 4) is 5.69 Å². The lowest BCUT2D eigenvalue weighted by molar-refractivity contribution is 0.0372. The molecule has 1 aromatic carbocycles. The smallest absolute Gasteiger partial charge is 0.191 e. The Kier molecular flexibility index (Phi) is 8.71. The minimum atomic E-state index is 0.609. The number of ether oxygens (including phenoxy) is 1. The number of guanidine groups is 1. The third-order valence-corrected chi connectivity index (χ3v) is 5.28. The Labute approximate surface area is 180 Å². The lowest BCUT2D eigenvalue weighted by Gasteiger charge is -2.26. The molecule has 7 heteroatoms. The molecule has 1 aromatic heterocycles. The Bertz CT molecular complexity index is 810. The van der Waals surface area contributed by atoms with Gasteiger partial charge >= 0.3 is 0 Å². The zero-order valence-corrected chi connectivity index (χ0v) is 18.7. The van der Waals surface area contributed by atoms with Gasteiger partial charge in [-0.05, 0) is 57.9 Å². The summed E-state index contributed by atoms with van der Waals surface area (Å²) in [6.07, 6.45) is 2.32. The third kappa shape index (κ3) is 6.57. The van der Waals surface area contributed by atoms with Gasteiger partial charge in [0.2, 0.25) is 0 Å². The highest BCUT2D eigenvalue weighted by atomic mass is 16.5. The van der Waals surface area contributed by atoms with Crippen molar-refractivity contribution in [2.75, 3.05) is 45.9 Å². The van der Waals surface area contributed by atoms with Gasteiger partial charge in [-0.1, -0.05) is 18.2 Å². The summed E-state index contributed by atoms with van der Waals surface area (Å²) in [4.78, 5) is 7.31. The Hall–Kier alpha value is -2.38. The molecule has 0 unspecified atom stereocenters. The number of rotatable bonds is 9. The number of aromatic nitrogens is 2. The SMILES string of the molecule is CCNC(=NCc1ccccc1-n1nc(C)cc1C)NCCCCN1CCOCC1. The molecule has 1 fully saturated rings. The molecule has 7 nitrogen and oxygen atoms in total. The number of morpholine rings is 1. The number of aliphatic imine (C=N–C) groups is 1. The van der Waals surface area contributed by atoms with Crippen LogP contribution in [0.15, 0.2) is 35.3 Å². The molecule has 1 aliphatic heterocycles. The number of aryl methyl sites for hydroxylation is 2. The van der Waals surface area contributed by atoms with Crippen molar-refractivity contribution < 1.29 is 4.74 Å². The van der Waals surface area contributed by atoms with E-state index in [0.717, 1.165) is 81.0 Å². The van der Waals surface area contributed by atoms with Crippen LogP contribution in [-0.4, -0.2) is 66.6 Å². The fourth-order valence-electron chi connectivity index (χ4n) is 3.72. The minimum Gasteiger partial charge on any atom is -0.379 e. The fourth-order valence-corrected chi connectivity index (χ4v) is 3.72. The molecule has 1 aliphatic rings. The quantitative estimate of drug-likeness (QED) is 0.377. The van der Waals surface area contributed by atoms with E-state index in [1.54, 1.807) is 0 Å². The maximum absolute atomic E-state index is 5.41. The van der Waals surface area contributed by atoms with E-state index >= 15 is 0 Å². The van der Waals surface area contributed by atoms with E-state index in [4.69, 9.17) is 9.73 Å². The van der Waals surface area contributed by atoms with Crippen LogP contribution in [0.2, 0.25) is 0 Å². The number of nitrogens with zero attached hydrogens (tertiary/aromatic N) is 4. The number of para-hydroxylation sites is 1. The van der Waals surface area contributed by atoms with Gasteiger partial charge in [-0.2, -0.15) is 5.10 Å². The van der Waals surface area contributed by atoms with Gasteiger partial charge in [0, 0.05) is 31.9 Å². The summed E-state index contributed by atoms with van der Waals surface area (Å²) in [5.41, 5.74) is 4.41. The molecule has 0 amide bonds. The van der Waals surface area contributed by atoms with E-state index in [-0.39, 0.29) is 0 Å². The van der Waals surface area contributed by atoms with Crippen molar-refractivity contribution in [3.05, 3.63) is 47.3 Å². The van der Waals surface area contributed by atoms with Crippen molar-refractivity contribution in [3.63, 3.8) is 0 Å². The van der Waals surface area contributed by atoms with Gasteiger partial charge in [0.1, 0.15) is 0 Å². The maximum atomic E-state index is 5.41. The van der Waals surface area contributed by atoms with Crippen molar-refractivity contribution >= 4 is 5.96 Å². The Balaban J connectivity index is 1.54. The summed E-state index contributed by atoms with van der Waals surface area (Å²) < 4.78 is 7.42. The first kappa shape index (κ1) is 22.3. The molecule has 2 aromatic rings. The lowest BCUT2D eigenvalue weighted by Crippen LogP contribution is -2.39. The summed E-state index contributed by atoms with van der Waals surface area (Å²) in [7, 11) is 0. The monoisotopic (exact) mass is 412 g/mol. The zero-order chi connectivity index (χ0) is 21.2. The average molecular weight is 413 g/mol. The summed E-state index contributed by atoms with van der Waals surface area (Å²) in [5.74, 6) is 0.868. The van der Waals surface area contributed by atoms with Gasteiger partial charge in [-0.15, -0.1) is 0 Å². The van der Waals surface area contributed by atoms with Crippen LogP contribution >= 0.6 is 0 Å².